The van der Waals surface area contributed by atoms with Gasteiger partial charge in [0.25, 0.3) is 0 Å². The van der Waals surface area contributed by atoms with Crippen LogP contribution in [-0.2, 0) is 16.6 Å². The first-order valence-electron chi connectivity index (χ1n) is 12.0. The van der Waals surface area contributed by atoms with Crippen molar-refractivity contribution in [3.63, 3.8) is 0 Å². The van der Waals surface area contributed by atoms with E-state index in [1.54, 1.807) is 0 Å². The van der Waals surface area contributed by atoms with Crippen LogP contribution in [0.15, 0.2) is 109 Å². The standard InChI is InChI=1S/C31H29NO2/c33-30(32-22-23-34-25-15-5-2-6-16-25)31(21-11-14-24-12-3-1-4-13-24)28-19-9-7-17-26(28)27-18-8-10-20-29(27)31/h1-10,12-13,15-20H,11,14,21-23H2,(H,32,33). The van der Waals surface area contributed by atoms with Crippen molar-refractivity contribution in [2.24, 2.45) is 0 Å². The summed E-state index contributed by atoms with van der Waals surface area (Å²) in [5.74, 6) is 0.862. The van der Waals surface area contributed by atoms with Crippen molar-refractivity contribution in [1.82, 2.24) is 5.32 Å². The Morgan fingerprint density at radius 2 is 1.26 bits per heavy atom. The Morgan fingerprint density at radius 3 is 1.91 bits per heavy atom. The van der Waals surface area contributed by atoms with E-state index >= 15 is 0 Å². The molecule has 0 unspecified atom stereocenters. The topological polar surface area (TPSA) is 38.3 Å². The van der Waals surface area contributed by atoms with Crippen LogP contribution < -0.4 is 10.1 Å². The van der Waals surface area contributed by atoms with Crippen molar-refractivity contribution in [2.75, 3.05) is 13.2 Å². The van der Waals surface area contributed by atoms with E-state index in [0.29, 0.717) is 13.2 Å². The summed E-state index contributed by atoms with van der Waals surface area (Å²) in [7, 11) is 0. The Labute approximate surface area is 201 Å². The molecule has 34 heavy (non-hydrogen) atoms. The number of hydrogen-bond donors (Lipinski definition) is 1. The number of amides is 1. The monoisotopic (exact) mass is 447 g/mol. The zero-order chi connectivity index (χ0) is 23.2. The summed E-state index contributed by atoms with van der Waals surface area (Å²) in [4.78, 5) is 14.0. The highest BCUT2D eigenvalue weighted by atomic mass is 16.5. The van der Waals surface area contributed by atoms with E-state index in [-0.39, 0.29) is 5.91 Å². The smallest absolute Gasteiger partial charge is 0.235 e. The summed E-state index contributed by atoms with van der Waals surface area (Å²) in [6, 6.07) is 36.9. The molecule has 1 aliphatic carbocycles. The lowest BCUT2D eigenvalue weighted by Gasteiger charge is -2.31. The average molecular weight is 448 g/mol. The van der Waals surface area contributed by atoms with Gasteiger partial charge >= 0.3 is 0 Å². The molecule has 0 saturated heterocycles. The number of carbonyl (C=O) groups is 1. The first-order valence-corrected chi connectivity index (χ1v) is 12.0. The summed E-state index contributed by atoms with van der Waals surface area (Å²) in [5.41, 5.74) is 5.13. The molecule has 0 aromatic heterocycles. The minimum absolute atomic E-state index is 0.0506. The van der Waals surface area contributed by atoms with Gasteiger partial charge < -0.3 is 10.1 Å². The molecule has 0 bridgehead atoms. The second kappa shape index (κ2) is 9.96. The number of nitrogens with one attached hydrogen (secondary N) is 1. The van der Waals surface area contributed by atoms with Gasteiger partial charge in [0, 0.05) is 0 Å². The summed E-state index contributed by atoms with van der Waals surface area (Å²) >= 11 is 0. The zero-order valence-electron chi connectivity index (χ0n) is 19.2. The second-order valence-corrected chi connectivity index (χ2v) is 8.75. The minimum atomic E-state index is -0.700. The van der Waals surface area contributed by atoms with E-state index in [2.05, 4.69) is 66.0 Å². The second-order valence-electron chi connectivity index (χ2n) is 8.75. The average Bonchev–Trinajstić information content (AvgIpc) is 3.19. The van der Waals surface area contributed by atoms with E-state index in [0.717, 1.165) is 47.3 Å². The number of rotatable bonds is 9. The molecule has 3 nitrogen and oxygen atoms in total. The lowest BCUT2D eigenvalue weighted by molar-refractivity contribution is -0.125. The summed E-state index contributed by atoms with van der Waals surface area (Å²) in [5, 5.41) is 3.20. The highest BCUT2D eigenvalue weighted by Crippen LogP contribution is 2.51. The normalized spacial score (nSPS) is 13.1. The molecule has 1 amide bonds. The van der Waals surface area contributed by atoms with Gasteiger partial charge in [-0.3, -0.25) is 4.79 Å². The van der Waals surface area contributed by atoms with Gasteiger partial charge in [-0.05, 0) is 59.2 Å². The van der Waals surface area contributed by atoms with Gasteiger partial charge in [-0.1, -0.05) is 97.1 Å². The largest absolute Gasteiger partial charge is 0.492 e. The minimum Gasteiger partial charge on any atom is -0.492 e. The molecule has 0 heterocycles. The van der Waals surface area contributed by atoms with Crippen molar-refractivity contribution in [3.8, 4) is 16.9 Å². The molecule has 0 saturated carbocycles. The molecule has 1 N–H and O–H groups in total. The molecular formula is C31H29NO2. The van der Waals surface area contributed by atoms with Crippen LogP contribution in [0, 0.1) is 0 Å². The van der Waals surface area contributed by atoms with Crippen LogP contribution in [0.3, 0.4) is 0 Å². The van der Waals surface area contributed by atoms with Crippen LogP contribution in [0.1, 0.15) is 29.5 Å². The highest BCUT2D eigenvalue weighted by molar-refractivity contribution is 6.00. The van der Waals surface area contributed by atoms with Crippen LogP contribution in [-0.4, -0.2) is 19.1 Å². The maximum atomic E-state index is 14.0. The van der Waals surface area contributed by atoms with Gasteiger partial charge in [-0.15, -0.1) is 0 Å². The van der Waals surface area contributed by atoms with Crippen molar-refractivity contribution in [2.45, 2.75) is 24.7 Å². The number of carbonyl (C=O) groups excluding carboxylic acids is 1. The maximum absolute atomic E-state index is 14.0. The molecule has 170 valence electrons. The van der Waals surface area contributed by atoms with E-state index in [9.17, 15) is 4.79 Å². The fourth-order valence-electron chi connectivity index (χ4n) is 5.16. The number of hydrogen-bond acceptors (Lipinski definition) is 2. The molecule has 1 aliphatic rings. The van der Waals surface area contributed by atoms with Gasteiger partial charge in [0.15, 0.2) is 0 Å². The Bertz CT molecular complexity index is 1210. The van der Waals surface area contributed by atoms with E-state index < -0.39 is 5.41 Å². The van der Waals surface area contributed by atoms with Gasteiger partial charge in [-0.2, -0.15) is 0 Å². The first kappa shape index (κ1) is 22.0. The molecular weight excluding hydrogens is 418 g/mol. The summed E-state index contributed by atoms with van der Waals surface area (Å²) < 4.78 is 5.82. The van der Waals surface area contributed by atoms with Crippen molar-refractivity contribution in [1.29, 1.82) is 0 Å². The van der Waals surface area contributed by atoms with Gasteiger partial charge in [-0.25, -0.2) is 0 Å². The number of aryl methyl sites for hydroxylation is 1. The number of ether oxygens (including phenoxy) is 1. The molecule has 0 atom stereocenters. The SMILES string of the molecule is O=C(NCCOc1ccccc1)C1(CCCc2ccccc2)c2ccccc2-c2ccccc21. The molecule has 0 radical (unpaired) electrons. The first-order chi connectivity index (χ1) is 16.8. The molecule has 0 aliphatic heterocycles. The Hall–Kier alpha value is -3.85. The molecule has 0 fully saturated rings. The van der Waals surface area contributed by atoms with Crippen LogP contribution >= 0.6 is 0 Å². The lowest BCUT2D eigenvalue weighted by atomic mass is 9.73. The maximum Gasteiger partial charge on any atom is 0.235 e. The Morgan fingerprint density at radius 1 is 0.706 bits per heavy atom. The van der Waals surface area contributed by atoms with Crippen LogP contribution in [0.25, 0.3) is 11.1 Å². The van der Waals surface area contributed by atoms with Gasteiger partial charge in [0.1, 0.15) is 17.8 Å². The number of benzene rings is 4. The third-order valence-electron chi connectivity index (χ3n) is 6.71. The van der Waals surface area contributed by atoms with E-state index in [4.69, 9.17) is 4.74 Å². The Kier molecular flexibility index (Phi) is 6.44. The predicted octanol–water partition coefficient (Wildman–Crippen LogP) is 6.17. The highest BCUT2D eigenvalue weighted by Gasteiger charge is 2.48. The van der Waals surface area contributed by atoms with Crippen LogP contribution in [0.4, 0.5) is 0 Å². The van der Waals surface area contributed by atoms with Crippen LogP contribution in [0.2, 0.25) is 0 Å². The lowest BCUT2D eigenvalue weighted by Crippen LogP contribution is -2.45. The fourth-order valence-corrected chi connectivity index (χ4v) is 5.16. The predicted molar refractivity (Wildman–Crippen MR) is 137 cm³/mol. The molecule has 5 rings (SSSR count). The third kappa shape index (κ3) is 4.22. The van der Waals surface area contributed by atoms with Gasteiger partial charge in [0.05, 0.1) is 6.54 Å². The third-order valence-corrected chi connectivity index (χ3v) is 6.71. The van der Waals surface area contributed by atoms with Gasteiger partial charge in [0.2, 0.25) is 5.91 Å². The van der Waals surface area contributed by atoms with Crippen LogP contribution in [0.5, 0.6) is 5.75 Å². The molecule has 3 heteroatoms. The molecule has 4 aromatic rings. The summed E-state index contributed by atoms with van der Waals surface area (Å²) in [6.07, 6.45) is 2.61. The van der Waals surface area contributed by atoms with E-state index in [1.165, 1.54) is 5.56 Å². The quantitative estimate of drug-likeness (QED) is 0.312. The van der Waals surface area contributed by atoms with Crippen molar-refractivity contribution >= 4 is 5.91 Å². The summed E-state index contributed by atoms with van der Waals surface area (Å²) in [6.45, 7) is 0.887. The number of para-hydroxylation sites is 1. The zero-order valence-corrected chi connectivity index (χ0v) is 19.2. The number of fused-ring (bicyclic) bond motifs is 3. The van der Waals surface area contributed by atoms with Crippen molar-refractivity contribution in [3.05, 3.63) is 126 Å². The van der Waals surface area contributed by atoms with E-state index in [1.807, 2.05) is 48.5 Å². The molecule has 4 aromatic carbocycles. The Balaban J connectivity index is 1.40. The fraction of sp³-hybridized carbons (Fsp3) is 0.194. The molecule has 0 spiro atoms. The van der Waals surface area contributed by atoms with Crippen molar-refractivity contribution < 1.29 is 9.53 Å².